The van der Waals surface area contributed by atoms with Gasteiger partial charge in [-0.3, -0.25) is 0 Å². The van der Waals surface area contributed by atoms with Gasteiger partial charge in [0.15, 0.2) is 17.4 Å². The minimum atomic E-state index is 0. The van der Waals surface area contributed by atoms with Crippen molar-refractivity contribution in [3.05, 3.63) is 0 Å². The minimum Gasteiger partial charge on any atom is -0.0149 e. The Balaban J connectivity index is 0. The van der Waals surface area contributed by atoms with Gasteiger partial charge in [0, 0.05) is 17.1 Å². The maximum atomic E-state index is 0. The van der Waals surface area contributed by atoms with Crippen molar-refractivity contribution < 1.29 is 17.1 Å². The fourth-order valence-electron chi connectivity index (χ4n) is 0. The third kappa shape index (κ3) is 9.76. The fourth-order valence-corrected chi connectivity index (χ4v) is 0. The first-order valence-electron chi connectivity index (χ1n) is 0. The van der Waals surface area contributed by atoms with Crippen LogP contribution in [0.4, 0.5) is 0 Å². The van der Waals surface area contributed by atoms with Crippen molar-refractivity contribution in [1.29, 1.82) is 0 Å². The third-order valence-corrected chi connectivity index (χ3v) is 0. The fraction of sp³-hybridized carbons (Fsp3) is 0. The van der Waals surface area contributed by atoms with Crippen LogP contribution in [0.25, 0.3) is 0 Å². The molecule has 0 unspecified atom stereocenters. The molecule has 0 amide bonds. The van der Waals surface area contributed by atoms with E-state index in [-0.39, 0.29) is 56.4 Å². The maximum absolute atomic E-state index is 0. The first-order valence-corrected chi connectivity index (χ1v) is 0. The average Bonchev–Trinajstić information content (AvgIpc) is 0. The second kappa shape index (κ2) is 24.7. The van der Waals surface area contributed by atoms with Crippen LogP contribution in [0, 0.1) is 0 Å². The van der Waals surface area contributed by atoms with Gasteiger partial charge in [-0.15, -0.1) is 0 Å². The summed E-state index contributed by atoms with van der Waals surface area (Å²) < 4.78 is 0. The Morgan fingerprint density at radius 3 is 0.750 bits per heavy atom. The second-order valence-corrected chi connectivity index (χ2v) is 0. The molecule has 1 radical (unpaired) electrons. The summed E-state index contributed by atoms with van der Waals surface area (Å²) in [6.07, 6.45) is 0. The van der Waals surface area contributed by atoms with Crippen LogP contribution >= 0.6 is 0 Å². The smallest absolute Gasteiger partial charge is 0.0149 e. The van der Waals surface area contributed by atoms with Crippen molar-refractivity contribution in [1.82, 2.24) is 0 Å². The first-order chi connectivity index (χ1) is 0. The van der Waals surface area contributed by atoms with Gasteiger partial charge in [0.05, 0.1) is 0 Å². The van der Waals surface area contributed by atoms with Crippen molar-refractivity contribution in [3.63, 3.8) is 0 Å². The van der Waals surface area contributed by atoms with Crippen LogP contribution in [0.15, 0.2) is 0 Å². The van der Waals surface area contributed by atoms with Crippen LogP contribution in [-0.4, -0.2) is 39.3 Å². The van der Waals surface area contributed by atoms with Gasteiger partial charge < -0.3 is 0 Å². The van der Waals surface area contributed by atoms with E-state index in [0.717, 1.165) is 0 Å². The molecular weight excluding hydrogens is 147 g/mol. The Morgan fingerprint density at radius 1 is 0.750 bits per heavy atom. The zero-order chi connectivity index (χ0) is 0. The number of hydrogen-bond acceptors (Lipinski definition) is 0. The zero-order valence-corrected chi connectivity index (χ0v) is 1.24. The van der Waals surface area contributed by atoms with E-state index < -0.39 is 0 Å². The summed E-state index contributed by atoms with van der Waals surface area (Å²) in [7, 11) is 0. The molecule has 0 N–H and O–H groups in total. The molecule has 0 aromatic carbocycles. The van der Waals surface area contributed by atoms with Gasteiger partial charge in [0.1, 0.15) is 0 Å². The Kier molecular flexibility index (Phi) is 309. The summed E-state index contributed by atoms with van der Waals surface area (Å²) in [4.78, 5) is 0. The summed E-state index contributed by atoms with van der Waals surface area (Å²) in [6, 6.07) is 0. The van der Waals surface area contributed by atoms with Gasteiger partial charge >= 0.3 is 0 Å². The average molecular weight is 158 g/mol. The Labute approximate surface area is 56.4 Å². The van der Waals surface area contributed by atoms with E-state index in [1.165, 1.54) is 0 Å². The van der Waals surface area contributed by atoms with Crippen LogP contribution in [0.5, 0.6) is 0 Å². The van der Waals surface area contributed by atoms with E-state index in [9.17, 15) is 0 Å². The monoisotopic (exact) mass is 157 g/mol. The molecule has 0 spiro atoms. The van der Waals surface area contributed by atoms with Crippen LogP contribution < -0.4 is 0 Å². The molecule has 0 aromatic heterocycles. The first kappa shape index (κ1) is 50.0. The SMILES string of the molecule is [AlH3].[Cu].[SiH4].[SiH4]. The molecule has 0 saturated carbocycles. The normalized spacial score (nSPS) is 0. The Hall–Kier alpha value is 1.49. The molecule has 0 fully saturated rings. The molecule has 0 aliphatic carbocycles. The Morgan fingerprint density at radius 2 is 0.750 bits per heavy atom. The van der Waals surface area contributed by atoms with Gasteiger partial charge in [0.2, 0.25) is 0 Å². The number of hydrogen-bond donors (Lipinski definition) is 0. The van der Waals surface area contributed by atoms with Crippen LogP contribution in [0.1, 0.15) is 0 Å². The predicted molar refractivity (Wildman–Crippen MR) is 32.6 cm³/mol. The van der Waals surface area contributed by atoms with Gasteiger partial charge in [0.25, 0.3) is 0 Å². The molecular formula is H11AlCuSi2. The largest absolute Gasteiger partial charge is 0.187 e. The van der Waals surface area contributed by atoms with Crippen molar-refractivity contribution in [3.8, 4) is 0 Å². The van der Waals surface area contributed by atoms with Gasteiger partial charge in [-0.25, -0.2) is 0 Å². The van der Waals surface area contributed by atoms with Gasteiger partial charge in [-0.05, 0) is 21.9 Å². The van der Waals surface area contributed by atoms with E-state index >= 15 is 0 Å². The minimum absolute atomic E-state index is 0. The standard InChI is InChI=1S/Al.Cu.2H4Si.3H/h;;2*1H4;;;. The van der Waals surface area contributed by atoms with E-state index in [0.29, 0.717) is 0 Å². The molecule has 0 saturated heterocycles. The molecule has 0 aliphatic heterocycles. The Bertz CT molecular complexity index is 6.00. The molecule has 0 heterocycles. The second-order valence-electron chi connectivity index (χ2n) is 0. The molecule has 4 heavy (non-hydrogen) atoms. The van der Waals surface area contributed by atoms with Crippen molar-refractivity contribution in [2.75, 3.05) is 0 Å². The van der Waals surface area contributed by atoms with Crippen molar-refractivity contribution >= 4 is 39.3 Å². The molecule has 0 rings (SSSR count). The summed E-state index contributed by atoms with van der Waals surface area (Å²) in [5.74, 6) is 0. The molecule has 0 aliphatic rings. The third-order valence-electron chi connectivity index (χ3n) is 0. The maximum Gasteiger partial charge on any atom is 0.187 e. The zero-order valence-electron chi connectivity index (χ0n) is 0.302. The summed E-state index contributed by atoms with van der Waals surface area (Å²) >= 11 is 0. The summed E-state index contributed by atoms with van der Waals surface area (Å²) in [5, 5.41) is 0. The number of rotatable bonds is 0. The molecule has 33 valence electrons. The van der Waals surface area contributed by atoms with E-state index in [1.54, 1.807) is 0 Å². The van der Waals surface area contributed by atoms with Crippen LogP contribution in [0.3, 0.4) is 0 Å². The van der Waals surface area contributed by atoms with E-state index in [1.807, 2.05) is 0 Å². The van der Waals surface area contributed by atoms with E-state index in [2.05, 4.69) is 0 Å². The quantitative estimate of drug-likeness (QED) is 0.314. The van der Waals surface area contributed by atoms with E-state index in [4.69, 9.17) is 0 Å². The molecule has 0 nitrogen and oxygen atoms in total. The van der Waals surface area contributed by atoms with Gasteiger partial charge in [-0.2, -0.15) is 0 Å². The molecule has 0 bridgehead atoms. The summed E-state index contributed by atoms with van der Waals surface area (Å²) in [5.41, 5.74) is 0. The molecule has 0 atom stereocenters. The summed E-state index contributed by atoms with van der Waals surface area (Å²) in [6.45, 7) is 0. The molecule has 4 heteroatoms. The van der Waals surface area contributed by atoms with Gasteiger partial charge in [-0.1, -0.05) is 0 Å². The van der Waals surface area contributed by atoms with Crippen LogP contribution in [0.2, 0.25) is 0 Å². The predicted octanol–water partition coefficient (Wildman–Crippen LogP) is -4.09. The molecule has 0 aromatic rings. The van der Waals surface area contributed by atoms with Crippen molar-refractivity contribution in [2.24, 2.45) is 0 Å². The van der Waals surface area contributed by atoms with Crippen LogP contribution in [-0.2, 0) is 17.1 Å². The van der Waals surface area contributed by atoms with Crippen molar-refractivity contribution in [2.45, 2.75) is 0 Å². The topological polar surface area (TPSA) is 0 Å².